The van der Waals surface area contributed by atoms with E-state index in [0.29, 0.717) is 16.2 Å². The van der Waals surface area contributed by atoms with Gasteiger partial charge in [-0.25, -0.2) is 0 Å². The highest BCUT2D eigenvalue weighted by Gasteiger charge is 2.21. The number of aromatic nitrogens is 1. The number of aromatic amines is 1. The van der Waals surface area contributed by atoms with Gasteiger partial charge in [0.2, 0.25) is 0 Å². The first-order chi connectivity index (χ1) is 11.9. The first-order valence-electron chi connectivity index (χ1n) is 7.45. The van der Waals surface area contributed by atoms with E-state index in [4.69, 9.17) is 14.2 Å². The second-order valence-corrected chi connectivity index (χ2v) is 5.34. The molecule has 0 radical (unpaired) electrons. The van der Waals surface area contributed by atoms with Gasteiger partial charge in [-0.05, 0) is 6.07 Å². The molecule has 3 rings (SSSR count). The van der Waals surface area contributed by atoms with Crippen molar-refractivity contribution in [1.29, 1.82) is 0 Å². The Hall–Kier alpha value is -3.35. The molecule has 1 heterocycles. The molecule has 1 aromatic heterocycles. The maximum atomic E-state index is 12.4. The molecule has 25 heavy (non-hydrogen) atoms. The van der Waals surface area contributed by atoms with Crippen molar-refractivity contribution in [1.82, 2.24) is 4.98 Å². The number of hydrogen-bond donors (Lipinski definition) is 1. The largest absolute Gasteiger partial charge is 0.493 e. The van der Waals surface area contributed by atoms with E-state index in [-0.39, 0.29) is 28.3 Å². The molecule has 3 aromatic rings. The summed E-state index contributed by atoms with van der Waals surface area (Å²) in [7, 11) is 1.40. The van der Waals surface area contributed by atoms with Gasteiger partial charge in [-0.3, -0.25) is 14.4 Å². The van der Waals surface area contributed by atoms with Crippen molar-refractivity contribution < 1.29 is 23.8 Å². The zero-order valence-corrected chi connectivity index (χ0v) is 13.8. The Labute approximate surface area is 142 Å². The number of carbonyl (C=O) groups is 2. The number of pyridine rings is 1. The third-order valence-electron chi connectivity index (χ3n) is 3.61. The number of carbonyl (C=O) groups excluding carboxylic acids is 2. The number of nitrogens with one attached hydrogen (secondary N) is 1. The molecule has 0 amide bonds. The normalized spacial score (nSPS) is 10.7. The fraction of sp³-hybridized carbons (Fsp3) is 0.167. The summed E-state index contributed by atoms with van der Waals surface area (Å²) in [4.78, 5) is 38.1. The summed E-state index contributed by atoms with van der Waals surface area (Å²) in [6.45, 7) is 2.51. The fourth-order valence-electron chi connectivity index (χ4n) is 2.71. The molecule has 128 valence electrons. The smallest absolute Gasteiger partial charge is 0.308 e. The van der Waals surface area contributed by atoms with Crippen LogP contribution in [0.1, 0.15) is 13.8 Å². The lowest BCUT2D eigenvalue weighted by molar-refractivity contribution is -0.133. The maximum Gasteiger partial charge on any atom is 0.308 e. The minimum absolute atomic E-state index is 0.109. The van der Waals surface area contributed by atoms with Crippen molar-refractivity contribution in [2.45, 2.75) is 13.8 Å². The van der Waals surface area contributed by atoms with Gasteiger partial charge in [0.25, 0.3) is 5.56 Å². The lowest BCUT2D eigenvalue weighted by atomic mass is 10.0. The molecule has 0 saturated heterocycles. The molecule has 0 unspecified atom stereocenters. The Bertz CT molecular complexity index is 1070. The number of rotatable bonds is 3. The molecule has 0 atom stereocenters. The Morgan fingerprint density at radius 2 is 1.60 bits per heavy atom. The third-order valence-corrected chi connectivity index (χ3v) is 3.61. The van der Waals surface area contributed by atoms with E-state index in [1.807, 2.05) is 0 Å². The minimum Gasteiger partial charge on any atom is -0.493 e. The fourth-order valence-corrected chi connectivity index (χ4v) is 2.71. The number of methoxy groups -OCH3 is 1. The van der Waals surface area contributed by atoms with Gasteiger partial charge in [0, 0.05) is 30.7 Å². The van der Waals surface area contributed by atoms with E-state index in [9.17, 15) is 14.4 Å². The van der Waals surface area contributed by atoms with E-state index in [2.05, 4.69) is 4.98 Å². The lowest BCUT2D eigenvalue weighted by Gasteiger charge is -2.15. The molecule has 1 N–H and O–H groups in total. The lowest BCUT2D eigenvalue weighted by Crippen LogP contribution is -2.11. The van der Waals surface area contributed by atoms with Crippen molar-refractivity contribution in [2.75, 3.05) is 7.11 Å². The number of hydrogen-bond acceptors (Lipinski definition) is 6. The van der Waals surface area contributed by atoms with Crippen LogP contribution in [-0.2, 0) is 9.59 Å². The molecule has 7 nitrogen and oxygen atoms in total. The molecule has 0 saturated carbocycles. The van der Waals surface area contributed by atoms with Crippen LogP contribution < -0.4 is 19.8 Å². The van der Waals surface area contributed by atoms with Gasteiger partial charge in [-0.15, -0.1) is 0 Å². The van der Waals surface area contributed by atoms with Crippen LogP contribution in [0.3, 0.4) is 0 Å². The molecule has 2 aromatic carbocycles. The van der Waals surface area contributed by atoms with Gasteiger partial charge >= 0.3 is 11.9 Å². The predicted octanol–water partition coefficient (Wildman–Crippen LogP) is 2.54. The van der Waals surface area contributed by atoms with Gasteiger partial charge in [0.15, 0.2) is 17.2 Å². The van der Waals surface area contributed by atoms with Crippen LogP contribution in [0, 0.1) is 0 Å². The zero-order chi connectivity index (χ0) is 18.1. The molecular formula is C18H15NO6. The van der Waals surface area contributed by atoms with Gasteiger partial charge < -0.3 is 19.2 Å². The molecule has 7 heteroatoms. The quantitative estimate of drug-likeness (QED) is 0.447. The second kappa shape index (κ2) is 6.27. The van der Waals surface area contributed by atoms with E-state index < -0.39 is 11.9 Å². The average Bonchev–Trinajstić information content (AvgIpc) is 2.56. The van der Waals surface area contributed by atoms with E-state index in [1.165, 1.54) is 27.0 Å². The van der Waals surface area contributed by atoms with Gasteiger partial charge in [-0.1, -0.05) is 18.2 Å². The highest BCUT2D eigenvalue weighted by atomic mass is 16.6. The summed E-state index contributed by atoms with van der Waals surface area (Å²) in [5, 5.41) is 1.37. The van der Waals surface area contributed by atoms with Crippen LogP contribution in [0.4, 0.5) is 0 Å². The Kier molecular flexibility index (Phi) is 4.14. The molecule has 0 aliphatic rings. The van der Waals surface area contributed by atoms with E-state index in [1.54, 1.807) is 24.3 Å². The van der Waals surface area contributed by atoms with E-state index >= 15 is 0 Å². The van der Waals surface area contributed by atoms with Crippen molar-refractivity contribution in [2.24, 2.45) is 0 Å². The van der Waals surface area contributed by atoms with Crippen molar-refractivity contribution in [3.63, 3.8) is 0 Å². The highest BCUT2D eigenvalue weighted by molar-refractivity contribution is 6.12. The van der Waals surface area contributed by atoms with Crippen LogP contribution in [-0.4, -0.2) is 24.0 Å². The van der Waals surface area contributed by atoms with E-state index in [0.717, 1.165) is 0 Å². The Balaban J connectivity index is 2.55. The maximum absolute atomic E-state index is 12.4. The molecule has 0 bridgehead atoms. The van der Waals surface area contributed by atoms with Crippen LogP contribution in [0.5, 0.6) is 17.2 Å². The van der Waals surface area contributed by atoms with Crippen LogP contribution in [0.15, 0.2) is 35.1 Å². The summed E-state index contributed by atoms with van der Waals surface area (Å²) in [5.41, 5.74) is -0.105. The summed E-state index contributed by atoms with van der Waals surface area (Å²) in [6.07, 6.45) is 0. The topological polar surface area (TPSA) is 94.7 Å². The molecule has 0 spiro atoms. The zero-order valence-electron chi connectivity index (χ0n) is 13.8. The van der Waals surface area contributed by atoms with Gasteiger partial charge in [0.1, 0.15) is 0 Å². The number of ether oxygens (including phenoxy) is 3. The summed E-state index contributed by atoms with van der Waals surface area (Å²) >= 11 is 0. The SMILES string of the molecule is COc1cc(OC(C)=O)c2[nH]c(=O)c3ccccc3c2c1OC(C)=O. The third kappa shape index (κ3) is 2.91. The number of fused-ring (bicyclic) bond motifs is 3. The molecule has 0 aliphatic heterocycles. The molecule has 0 aliphatic carbocycles. The van der Waals surface area contributed by atoms with Crippen molar-refractivity contribution >= 4 is 33.6 Å². The second-order valence-electron chi connectivity index (χ2n) is 5.34. The number of benzene rings is 2. The summed E-state index contributed by atoms with van der Waals surface area (Å²) in [5.74, 6) is -0.643. The first-order valence-corrected chi connectivity index (χ1v) is 7.45. The van der Waals surface area contributed by atoms with Gasteiger partial charge in [-0.2, -0.15) is 0 Å². The van der Waals surface area contributed by atoms with Gasteiger partial charge in [0.05, 0.1) is 18.0 Å². The van der Waals surface area contributed by atoms with Crippen LogP contribution >= 0.6 is 0 Å². The standard InChI is InChI=1S/C18H15NO6/c1-9(20)24-13-8-14(23-3)17(25-10(2)21)15-11-6-4-5-7-12(11)18(22)19-16(13)15/h4-8H,1-3H3,(H,19,22). The van der Waals surface area contributed by atoms with Crippen LogP contribution in [0.25, 0.3) is 21.7 Å². The first kappa shape index (κ1) is 16.5. The number of esters is 2. The number of H-pyrrole nitrogens is 1. The summed E-state index contributed by atoms with van der Waals surface area (Å²) < 4.78 is 15.8. The van der Waals surface area contributed by atoms with Crippen molar-refractivity contribution in [3.8, 4) is 17.2 Å². The summed E-state index contributed by atoms with van der Waals surface area (Å²) in [6, 6.07) is 8.24. The predicted molar refractivity (Wildman–Crippen MR) is 91.2 cm³/mol. The Morgan fingerprint density at radius 3 is 2.20 bits per heavy atom. The molecule has 0 fully saturated rings. The van der Waals surface area contributed by atoms with Crippen molar-refractivity contribution in [3.05, 3.63) is 40.7 Å². The monoisotopic (exact) mass is 341 g/mol. The molecular weight excluding hydrogens is 326 g/mol. The highest BCUT2D eigenvalue weighted by Crippen LogP contribution is 2.43. The average molecular weight is 341 g/mol. The minimum atomic E-state index is -0.558. The van der Waals surface area contributed by atoms with Crippen LogP contribution in [0.2, 0.25) is 0 Å². The Morgan fingerprint density at radius 1 is 0.960 bits per heavy atom.